The quantitative estimate of drug-likeness (QED) is 0.117. The van der Waals surface area contributed by atoms with Crippen molar-refractivity contribution in [2.24, 2.45) is 0 Å². The van der Waals surface area contributed by atoms with Crippen LogP contribution >= 0.6 is 11.8 Å². The van der Waals surface area contributed by atoms with Crippen LogP contribution in [-0.4, -0.2) is 6.71 Å². The van der Waals surface area contributed by atoms with Gasteiger partial charge in [-0.05, 0) is 184 Å². The van der Waals surface area contributed by atoms with Crippen LogP contribution in [-0.2, 0) is 10.8 Å². The Hall–Kier alpha value is -11.6. The van der Waals surface area contributed by atoms with E-state index in [0.29, 0.717) is 0 Å². The lowest BCUT2D eigenvalue weighted by molar-refractivity contribution is 0.589. The number of rotatable bonds is 7. The number of furan rings is 1. The molecule has 0 amide bonds. The zero-order valence-corrected chi connectivity index (χ0v) is 54.7. The SMILES string of the molecule is CC(C)(C)c1cc2c3c(c1)N(c1ccc(N4c5ccccc5C5(c6ccccc6-c6ccccc65)c5ccccc54)cc1-c1ccccc1)c1cc(N(c4ccccc4)c4ccc(-c5ccc6ccccc6c5)cc4)ccc1B3c1oc3c4ccccc4c4ccccc4c3c1S2. The number of benzene rings is 15. The van der Waals surface area contributed by atoms with E-state index in [4.69, 9.17) is 4.42 Å². The summed E-state index contributed by atoms with van der Waals surface area (Å²) in [7, 11) is 0. The van der Waals surface area contributed by atoms with Crippen LogP contribution in [0.25, 0.3) is 76.7 Å². The van der Waals surface area contributed by atoms with Gasteiger partial charge in [0.15, 0.2) is 0 Å². The maximum absolute atomic E-state index is 7.70. The fraction of sp³-hybridized carbons (Fsp3) is 0.0549. The maximum atomic E-state index is 7.70. The summed E-state index contributed by atoms with van der Waals surface area (Å²) >= 11 is 1.89. The minimum Gasteiger partial charge on any atom is -0.468 e. The molecule has 0 N–H and O–H groups in total. The molecule has 0 saturated heterocycles. The number of hydrogen-bond acceptors (Lipinski definition) is 5. The van der Waals surface area contributed by atoms with E-state index in [1.807, 2.05) is 11.8 Å². The molecule has 456 valence electrons. The van der Waals surface area contributed by atoms with E-state index in [1.54, 1.807) is 0 Å². The van der Waals surface area contributed by atoms with Crippen LogP contribution in [0.3, 0.4) is 0 Å². The third kappa shape index (κ3) is 8.21. The van der Waals surface area contributed by atoms with Crippen molar-refractivity contribution in [2.75, 3.05) is 14.7 Å². The molecular formula is C91H62BN3OS. The second kappa shape index (κ2) is 21.2. The Kier molecular flexibility index (Phi) is 12.2. The first-order chi connectivity index (χ1) is 47.8. The second-order valence-corrected chi connectivity index (χ2v) is 28.5. The van der Waals surface area contributed by atoms with Crippen molar-refractivity contribution in [3.05, 3.63) is 349 Å². The summed E-state index contributed by atoms with van der Waals surface area (Å²) in [4.78, 5) is 10.0. The van der Waals surface area contributed by atoms with Gasteiger partial charge in [0.25, 0.3) is 6.71 Å². The third-order valence-electron chi connectivity index (χ3n) is 21.2. The highest BCUT2D eigenvalue weighted by atomic mass is 32.2. The lowest BCUT2D eigenvalue weighted by Crippen LogP contribution is -2.59. The summed E-state index contributed by atoms with van der Waals surface area (Å²) in [5.74, 6) is 0. The number of fused-ring (bicyclic) bond motifs is 21. The highest BCUT2D eigenvalue weighted by Crippen LogP contribution is 2.64. The first kappa shape index (κ1) is 55.8. The molecule has 20 rings (SSSR count). The summed E-state index contributed by atoms with van der Waals surface area (Å²) in [5.41, 5.74) is 27.1. The topological polar surface area (TPSA) is 22.9 Å². The normalized spacial score (nSPS) is 13.7. The molecule has 4 nitrogen and oxygen atoms in total. The monoisotopic (exact) mass is 1260 g/mol. The van der Waals surface area contributed by atoms with Crippen LogP contribution in [0.1, 0.15) is 48.6 Å². The molecule has 0 radical (unpaired) electrons. The molecule has 15 aromatic carbocycles. The van der Waals surface area contributed by atoms with E-state index in [-0.39, 0.29) is 12.1 Å². The number of para-hydroxylation sites is 3. The van der Waals surface area contributed by atoms with Gasteiger partial charge in [-0.3, -0.25) is 0 Å². The average molecular weight is 1260 g/mol. The molecule has 16 aromatic rings. The van der Waals surface area contributed by atoms with E-state index in [2.05, 4.69) is 357 Å². The Bertz CT molecular complexity index is 5860. The first-order valence-corrected chi connectivity index (χ1v) is 34.6. The zero-order valence-electron chi connectivity index (χ0n) is 53.8. The van der Waals surface area contributed by atoms with Gasteiger partial charge in [0.2, 0.25) is 0 Å². The highest BCUT2D eigenvalue weighted by molar-refractivity contribution is 8.00. The molecule has 4 heterocycles. The molecule has 0 fully saturated rings. The predicted octanol–water partition coefficient (Wildman–Crippen LogP) is 22.9. The summed E-state index contributed by atoms with van der Waals surface area (Å²) in [6.45, 7) is 6.83. The van der Waals surface area contributed by atoms with Gasteiger partial charge < -0.3 is 19.1 Å². The van der Waals surface area contributed by atoms with Crippen LogP contribution in [0.15, 0.2) is 336 Å². The molecular weight excluding hydrogens is 1190 g/mol. The van der Waals surface area contributed by atoms with Gasteiger partial charge in [-0.2, -0.15) is 0 Å². The Morgan fingerprint density at radius 1 is 0.381 bits per heavy atom. The third-order valence-corrected chi connectivity index (χ3v) is 22.4. The molecule has 0 atom stereocenters. The van der Waals surface area contributed by atoms with E-state index in [9.17, 15) is 0 Å². The fourth-order valence-electron chi connectivity index (χ4n) is 16.9. The first-order valence-electron chi connectivity index (χ1n) is 33.7. The molecule has 1 aromatic heterocycles. The average Bonchev–Trinajstić information content (AvgIpc) is 1.41. The van der Waals surface area contributed by atoms with Gasteiger partial charge >= 0.3 is 0 Å². The van der Waals surface area contributed by atoms with Gasteiger partial charge in [0.1, 0.15) is 5.58 Å². The number of anilines is 9. The van der Waals surface area contributed by atoms with Crippen LogP contribution in [0.5, 0.6) is 0 Å². The van der Waals surface area contributed by atoms with Crippen LogP contribution in [0.2, 0.25) is 0 Å². The van der Waals surface area contributed by atoms with Gasteiger partial charge in [0, 0.05) is 55.4 Å². The molecule has 4 aliphatic rings. The lowest BCUT2D eigenvalue weighted by Gasteiger charge is -2.45. The van der Waals surface area contributed by atoms with Crippen molar-refractivity contribution in [1.82, 2.24) is 0 Å². The Balaban J connectivity index is 0.839. The molecule has 0 unspecified atom stereocenters. The minimum atomic E-state index is -0.535. The Morgan fingerprint density at radius 3 is 1.65 bits per heavy atom. The molecule has 3 aliphatic heterocycles. The van der Waals surface area contributed by atoms with Gasteiger partial charge in [-0.1, -0.05) is 269 Å². The summed E-state index contributed by atoms with van der Waals surface area (Å²) in [6, 6.07) is 120. The molecule has 1 aliphatic carbocycles. The predicted molar refractivity (Wildman–Crippen MR) is 408 cm³/mol. The smallest absolute Gasteiger partial charge is 0.294 e. The van der Waals surface area contributed by atoms with Crippen molar-refractivity contribution >= 4 is 130 Å². The lowest BCUT2D eigenvalue weighted by atomic mass is 9.36. The van der Waals surface area contributed by atoms with E-state index in [1.165, 1.54) is 103 Å². The van der Waals surface area contributed by atoms with Gasteiger partial charge in [-0.15, -0.1) is 0 Å². The summed E-state index contributed by atoms with van der Waals surface area (Å²) in [5, 5.41) is 8.42. The van der Waals surface area contributed by atoms with Crippen molar-refractivity contribution in [1.29, 1.82) is 0 Å². The van der Waals surface area contributed by atoms with E-state index < -0.39 is 5.41 Å². The van der Waals surface area contributed by atoms with E-state index in [0.717, 1.165) is 78.9 Å². The van der Waals surface area contributed by atoms with Gasteiger partial charge in [0.05, 0.1) is 33.0 Å². The highest BCUT2D eigenvalue weighted by Gasteiger charge is 2.52. The molecule has 97 heavy (non-hydrogen) atoms. The maximum Gasteiger partial charge on any atom is 0.294 e. The Labute approximate surface area is 569 Å². The summed E-state index contributed by atoms with van der Waals surface area (Å²) in [6.07, 6.45) is 0. The Morgan fingerprint density at radius 2 is 0.948 bits per heavy atom. The molecule has 6 heteroatoms. The van der Waals surface area contributed by atoms with Crippen LogP contribution in [0, 0.1) is 0 Å². The minimum absolute atomic E-state index is 0.209. The van der Waals surface area contributed by atoms with Crippen molar-refractivity contribution < 1.29 is 4.42 Å². The zero-order chi connectivity index (χ0) is 64.3. The number of nitrogens with zero attached hydrogens (tertiary/aromatic N) is 3. The van der Waals surface area contributed by atoms with Crippen molar-refractivity contribution in [3.63, 3.8) is 0 Å². The van der Waals surface area contributed by atoms with Crippen LogP contribution < -0.4 is 31.3 Å². The standard InChI is InChI=1S/C91H62BN3OS/c1-90(2,3)62-53-83-86-84(54-62)97-88-85-71-34-14-12-30-67(71)68-31-13-15-35-72(68)87(85)96-89(88)92(86)78-50-48-66(93(63-28-8-5-9-29-63)64-46-44-58(45-47-64)61-43-42-57-24-10-11-27-60(57)52-61)56-82(78)95(83)79-51-49-65(55-73(79)59-25-6-4-7-26-59)94-80-40-22-20-38-76(80)91(77-39-21-23-41-81(77)94)74-36-18-16-32-69(74)70-33-17-19-37-75(70)91/h4-56H,1-3H3. The second-order valence-electron chi connectivity index (χ2n) is 27.4. The largest absolute Gasteiger partial charge is 0.468 e. The van der Waals surface area contributed by atoms with Crippen molar-refractivity contribution in [3.8, 4) is 33.4 Å². The van der Waals surface area contributed by atoms with Crippen molar-refractivity contribution in [2.45, 2.75) is 41.4 Å². The molecule has 1 spiro atoms. The summed E-state index contributed by atoms with van der Waals surface area (Å²) < 4.78 is 7.70. The van der Waals surface area contributed by atoms with Gasteiger partial charge in [-0.25, -0.2) is 0 Å². The molecule has 0 bridgehead atoms. The number of hydrogen-bond donors (Lipinski definition) is 0. The van der Waals surface area contributed by atoms with E-state index >= 15 is 0 Å². The van der Waals surface area contributed by atoms with Crippen LogP contribution in [0.4, 0.5) is 51.2 Å². The molecule has 0 saturated carbocycles. The fourth-order valence-corrected chi connectivity index (χ4v) is 18.2.